The first kappa shape index (κ1) is 14.3. The molecule has 1 saturated carbocycles. The number of anilines is 1. The smallest absolute Gasteiger partial charge is 0.322 e. The van der Waals surface area contributed by atoms with Crippen LogP contribution in [-0.2, 0) is 0 Å². The zero-order chi connectivity index (χ0) is 13.7. The van der Waals surface area contributed by atoms with Gasteiger partial charge in [0.1, 0.15) is 0 Å². The van der Waals surface area contributed by atoms with E-state index in [4.69, 9.17) is 16.3 Å². The van der Waals surface area contributed by atoms with Gasteiger partial charge < -0.3 is 9.64 Å². The lowest BCUT2D eigenvalue weighted by atomic mass is 10.1. The van der Waals surface area contributed by atoms with E-state index >= 15 is 0 Å². The molecular weight excluding hydrogens is 264 g/mol. The minimum absolute atomic E-state index is 0.189. The average Bonchev–Trinajstić information content (AvgIpc) is 2.88. The van der Waals surface area contributed by atoms with Crippen LogP contribution in [0.25, 0.3) is 0 Å². The van der Waals surface area contributed by atoms with Crippen LogP contribution in [0.1, 0.15) is 39.0 Å². The molecule has 0 spiro atoms. The normalized spacial score (nSPS) is 15.7. The molecule has 1 aromatic rings. The summed E-state index contributed by atoms with van der Waals surface area (Å²) in [6.07, 6.45) is 6.17. The lowest BCUT2D eigenvalue weighted by molar-refractivity contribution is 0.291. The number of nitrogens with zero attached hydrogens (tertiary/aromatic N) is 4. The number of hydrogen-bond acceptors (Lipinski definition) is 5. The first-order chi connectivity index (χ1) is 9.19. The number of hydrogen-bond donors (Lipinski definition) is 0. The predicted molar refractivity (Wildman–Crippen MR) is 75.9 cm³/mol. The van der Waals surface area contributed by atoms with E-state index in [1.807, 2.05) is 18.9 Å². The van der Waals surface area contributed by atoms with E-state index in [1.165, 1.54) is 25.7 Å². The second-order valence-electron chi connectivity index (χ2n) is 5.07. The third-order valence-electron chi connectivity index (χ3n) is 3.36. The highest BCUT2D eigenvalue weighted by Crippen LogP contribution is 2.26. The fraction of sp³-hybridized carbons (Fsp3) is 0.769. The SMILES string of the molecule is CCCOc1nc(Cl)nc(N(C)CC2CCCC2)n1. The van der Waals surface area contributed by atoms with Crippen LogP contribution >= 0.6 is 11.6 Å². The largest absolute Gasteiger partial charge is 0.463 e. The maximum Gasteiger partial charge on any atom is 0.322 e. The van der Waals surface area contributed by atoms with Crippen molar-refractivity contribution in [1.29, 1.82) is 0 Å². The molecule has 5 nitrogen and oxygen atoms in total. The summed E-state index contributed by atoms with van der Waals surface area (Å²) in [5, 5.41) is 0.189. The van der Waals surface area contributed by atoms with Crippen LogP contribution in [0.15, 0.2) is 0 Å². The molecule has 0 atom stereocenters. The summed E-state index contributed by atoms with van der Waals surface area (Å²) in [6, 6.07) is 0.315. The van der Waals surface area contributed by atoms with Crippen molar-refractivity contribution in [2.45, 2.75) is 39.0 Å². The molecule has 1 aliphatic rings. The molecule has 1 aromatic heterocycles. The van der Waals surface area contributed by atoms with Gasteiger partial charge in [-0.25, -0.2) is 0 Å². The van der Waals surface area contributed by atoms with E-state index in [9.17, 15) is 0 Å². The van der Waals surface area contributed by atoms with Crippen LogP contribution in [0.2, 0.25) is 5.28 Å². The predicted octanol–water partition coefficient (Wildman–Crippen LogP) is 2.94. The molecule has 6 heteroatoms. The molecule has 106 valence electrons. The molecule has 0 aromatic carbocycles. The standard InChI is InChI=1S/C13H21ClN4O/c1-3-8-19-13-16-11(14)15-12(17-13)18(2)9-10-6-4-5-7-10/h10H,3-9H2,1-2H3. The van der Waals surface area contributed by atoms with Gasteiger partial charge in [-0.2, -0.15) is 15.0 Å². The van der Waals surface area contributed by atoms with Crippen molar-refractivity contribution in [2.75, 3.05) is 25.1 Å². The number of ether oxygens (including phenoxy) is 1. The molecule has 0 aliphatic heterocycles. The van der Waals surface area contributed by atoms with Crippen LogP contribution in [0.3, 0.4) is 0 Å². The Bertz CT molecular complexity index is 410. The maximum atomic E-state index is 5.92. The second-order valence-corrected chi connectivity index (χ2v) is 5.40. The molecule has 0 bridgehead atoms. The lowest BCUT2D eigenvalue weighted by Crippen LogP contribution is -2.26. The Morgan fingerprint density at radius 3 is 2.68 bits per heavy atom. The monoisotopic (exact) mass is 284 g/mol. The fourth-order valence-electron chi connectivity index (χ4n) is 2.41. The van der Waals surface area contributed by atoms with Gasteiger partial charge in [0.2, 0.25) is 11.2 Å². The van der Waals surface area contributed by atoms with Gasteiger partial charge in [-0.3, -0.25) is 0 Å². The van der Waals surface area contributed by atoms with Gasteiger partial charge >= 0.3 is 6.01 Å². The van der Waals surface area contributed by atoms with E-state index in [2.05, 4.69) is 15.0 Å². The van der Waals surface area contributed by atoms with E-state index < -0.39 is 0 Å². The number of halogens is 1. The molecule has 0 unspecified atom stereocenters. The molecule has 0 radical (unpaired) electrons. The molecular formula is C13H21ClN4O. The Labute approximate surface area is 119 Å². The van der Waals surface area contributed by atoms with Crippen molar-refractivity contribution in [2.24, 2.45) is 5.92 Å². The lowest BCUT2D eigenvalue weighted by Gasteiger charge is -2.21. The second kappa shape index (κ2) is 6.89. The number of rotatable bonds is 6. The zero-order valence-corrected chi connectivity index (χ0v) is 12.4. The fourth-order valence-corrected chi connectivity index (χ4v) is 2.56. The Morgan fingerprint density at radius 1 is 1.26 bits per heavy atom. The average molecular weight is 285 g/mol. The van der Waals surface area contributed by atoms with E-state index in [0.29, 0.717) is 18.6 Å². The van der Waals surface area contributed by atoms with Crippen molar-refractivity contribution in [3.8, 4) is 6.01 Å². The molecule has 19 heavy (non-hydrogen) atoms. The summed E-state index contributed by atoms with van der Waals surface area (Å²) in [5.74, 6) is 1.33. The Morgan fingerprint density at radius 2 is 2.00 bits per heavy atom. The highest BCUT2D eigenvalue weighted by Gasteiger charge is 2.19. The van der Waals surface area contributed by atoms with Crippen LogP contribution in [0, 0.1) is 5.92 Å². The first-order valence-electron chi connectivity index (χ1n) is 6.94. The van der Waals surface area contributed by atoms with Gasteiger partial charge in [0.25, 0.3) is 0 Å². The van der Waals surface area contributed by atoms with Gasteiger partial charge in [0, 0.05) is 13.6 Å². The number of aromatic nitrogens is 3. The van der Waals surface area contributed by atoms with Crippen molar-refractivity contribution in [3.63, 3.8) is 0 Å². The highest BCUT2D eigenvalue weighted by molar-refractivity contribution is 6.28. The first-order valence-corrected chi connectivity index (χ1v) is 7.32. The van der Waals surface area contributed by atoms with Gasteiger partial charge in [-0.1, -0.05) is 19.8 Å². The van der Waals surface area contributed by atoms with Gasteiger partial charge in [0.05, 0.1) is 6.61 Å². The summed E-state index contributed by atoms with van der Waals surface area (Å²) in [4.78, 5) is 14.5. The quantitative estimate of drug-likeness (QED) is 0.804. The van der Waals surface area contributed by atoms with Crippen LogP contribution in [0.4, 0.5) is 5.95 Å². The minimum atomic E-state index is 0.189. The molecule has 1 fully saturated rings. The summed E-state index contributed by atoms with van der Waals surface area (Å²) < 4.78 is 5.42. The van der Waals surface area contributed by atoms with Crippen LogP contribution in [-0.4, -0.2) is 35.2 Å². The van der Waals surface area contributed by atoms with Gasteiger partial charge in [-0.05, 0) is 36.8 Å². The molecule has 0 saturated heterocycles. The van der Waals surface area contributed by atoms with Crippen molar-refractivity contribution in [3.05, 3.63) is 5.28 Å². The Hall–Kier alpha value is -1.10. The molecule has 1 aliphatic carbocycles. The Balaban J connectivity index is 2.02. The third kappa shape index (κ3) is 4.20. The summed E-state index contributed by atoms with van der Waals surface area (Å²) >= 11 is 5.92. The Kier molecular flexibility index (Phi) is 5.19. The highest BCUT2D eigenvalue weighted by atomic mass is 35.5. The molecule has 0 N–H and O–H groups in total. The van der Waals surface area contributed by atoms with Crippen LogP contribution < -0.4 is 9.64 Å². The van der Waals surface area contributed by atoms with Gasteiger partial charge in [0.15, 0.2) is 0 Å². The van der Waals surface area contributed by atoms with Crippen molar-refractivity contribution >= 4 is 17.5 Å². The molecule has 2 rings (SSSR count). The van der Waals surface area contributed by atoms with Crippen molar-refractivity contribution < 1.29 is 4.74 Å². The summed E-state index contributed by atoms with van der Waals surface area (Å²) in [7, 11) is 1.99. The molecule has 1 heterocycles. The van der Waals surface area contributed by atoms with Gasteiger partial charge in [-0.15, -0.1) is 0 Å². The topological polar surface area (TPSA) is 51.1 Å². The van der Waals surface area contributed by atoms with Crippen molar-refractivity contribution in [1.82, 2.24) is 15.0 Å². The minimum Gasteiger partial charge on any atom is -0.463 e. The summed E-state index contributed by atoms with van der Waals surface area (Å²) in [6.45, 7) is 3.59. The maximum absolute atomic E-state index is 5.92. The summed E-state index contributed by atoms with van der Waals surface area (Å²) in [5.41, 5.74) is 0. The third-order valence-corrected chi connectivity index (χ3v) is 3.53. The molecule has 0 amide bonds. The van der Waals surface area contributed by atoms with Crippen LogP contribution in [0.5, 0.6) is 6.01 Å². The van der Waals surface area contributed by atoms with E-state index in [1.54, 1.807) is 0 Å². The van der Waals surface area contributed by atoms with E-state index in [-0.39, 0.29) is 5.28 Å². The zero-order valence-electron chi connectivity index (χ0n) is 11.6. The van der Waals surface area contributed by atoms with E-state index in [0.717, 1.165) is 18.9 Å².